The monoisotopic (exact) mass is 354 g/mol. The summed E-state index contributed by atoms with van der Waals surface area (Å²) in [4.78, 5) is 41.7. The highest BCUT2D eigenvalue weighted by Crippen LogP contribution is 2.29. The number of aromatic nitrogens is 2. The molecule has 1 unspecified atom stereocenters. The third kappa shape index (κ3) is 3.51. The number of amides is 2. The van der Waals surface area contributed by atoms with E-state index in [0.717, 1.165) is 6.42 Å². The minimum atomic E-state index is -0.522. The summed E-state index contributed by atoms with van der Waals surface area (Å²) in [6, 6.07) is 6.50. The molecule has 0 saturated heterocycles. The minimum Gasteiger partial charge on any atom is -0.355 e. The van der Waals surface area contributed by atoms with Crippen LogP contribution in [0.3, 0.4) is 0 Å². The van der Waals surface area contributed by atoms with Gasteiger partial charge in [-0.25, -0.2) is 0 Å². The molecule has 2 aromatic rings. The van der Waals surface area contributed by atoms with E-state index in [1.807, 2.05) is 13.0 Å². The first kappa shape index (κ1) is 17.8. The maximum Gasteiger partial charge on any atom is 0.264 e. The van der Waals surface area contributed by atoms with E-state index in [4.69, 9.17) is 0 Å². The molecule has 136 valence electrons. The summed E-state index contributed by atoms with van der Waals surface area (Å²) in [7, 11) is 1.45. The Morgan fingerprint density at radius 2 is 2.04 bits per heavy atom. The summed E-state index contributed by atoms with van der Waals surface area (Å²) in [5.74, 6) is -0.353. The quantitative estimate of drug-likeness (QED) is 0.848. The summed E-state index contributed by atoms with van der Waals surface area (Å²) in [5.41, 5.74) is 0.432. The Morgan fingerprint density at radius 3 is 2.62 bits per heavy atom. The number of nitrogens with one attached hydrogen (secondary N) is 2. The largest absolute Gasteiger partial charge is 0.355 e. The molecule has 26 heavy (non-hydrogen) atoms. The molecule has 0 bridgehead atoms. The van der Waals surface area contributed by atoms with Crippen molar-refractivity contribution in [2.45, 2.75) is 32.4 Å². The standard InChI is InChI=1S/C19H22N4O3/c1-11-8-16(11)22-17(24)13-9-14(18(25)20-3)19(26)23(10-13)12(2)15-6-4-5-7-21-15/h4-7,9-12,16H,8H2,1-3H3,(H,20,25)(H,22,24)/t11-,12?,16-/m0/s1. The molecule has 0 spiro atoms. The molecule has 0 radical (unpaired) electrons. The fourth-order valence-electron chi connectivity index (χ4n) is 2.85. The zero-order chi connectivity index (χ0) is 18.8. The Labute approximate surface area is 151 Å². The van der Waals surface area contributed by atoms with Crippen molar-refractivity contribution in [3.8, 4) is 0 Å². The third-order valence-corrected chi connectivity index (χ3v) is 4.74. The van der Waals surface area contributed by atoms with Gasteiger partial charge in [-0.1, -0.05) is 13.0 Å². The van der Waals surface area contributed by atoms with Crippen LogP contribution in [0.5, 0.6) is 0 Å². The van der Waals surface area contributed by atoms with Crippen LogP contribution in [0.1, 0.15) is 52.7 Å². The lowest BCUT2D eigenvalue weighted by atomic mass is 10.1. The maximum atomic E-state index is 12.8. The van der Waals surface area contributed by atoms with Crippen molar-refractivity contribution in [1.82, 2.24) is 20.2 Å². The predicted octanol–water partition coefficient (Wildman–Crippen LogP) is 1.35. The Balaban J connectivity index is 2.04. The van der Waals surface area contributed by atoms with E-state index in [9.17, 15) is 14.4 Å². The molecule has 1 aliphatic carbocycles. The molecule has 2 amide bonds. The molecule has 3 rings (SSSR count). The average molecular weight is 354 g/mol. The fraction of sp³-hybridized carbons (Fsp3) is 0.368. The van der Waals surface area contributed by atoms with Gasteiger partial charge in [-0.15, -0.1) is 0 Å². The summed E-state index contributed by atoms with van der Waals surface area (Å²) in [6.45, 7) is 3.87. The molecule has 1 aliphatic rings. The van der Waals surface area contributed by atoms with Crippen molar-refractivity contribution in [2.24, 2.45) is 5.92 Å². The van der Waals surface area contributed by atoms with Crippen LogP contribution in [0.4, 0.5) is 0 Å². The minimum absolute atomic E-state index is 0.0632. The lowest BCUT2D eigenvalue weighted by Crippen LogP contribution is -2.35. The topological polar surface area (TPSA) is 93.1 Å². The van der Waals surface area contributed by atoms with Gasteiger partial charge in [-0.05, 0) is 37.5 Å². The van der Waals surface area contributed by atoms with Crippen LogP contribution in [0.15, 0.2) is 41.5 Å². The molecule has 7 heteroatoms. The average Bonchev–Trinajstić information content (AvgIpc) is 3.35. The Bertz CT molecular complexity index is 891. The number of hydrogen-bond acceptors (Lipinski definition) is 4. The molecule has 0 aliphatic heterocycles. The van der Waals surface area contributed by atoms with E-state index in [-0.39, 0.29) is 23.1 Å². The lowest BCUT2D eigenvalue weighted by Gasteiger charge is -2.17. The van der Waals surface area contributed by atoms with Crippen LogP contribution >= 0.6 is 0 Å². The number of pyridine rings is 2. The van der Waals surface area contributed by atoms with Crippen molar-refractivity contribution in [3.63, 3.8) is 0 Å². The summed E-state index contributed by atoms with van der Waals surface area (Å²) in [6.07, 6.45) is 4.08. The van der Waals surface area contributed by atoms with Crippen molar-refractivity contribution >= 4 is 11.8 Å². The normalized spacial score (nSPS) is 19.5. The van der Waals surface area contributed by atoms with Gasteiger partial charge in [-0.2, -0.15) is 0 Å². The van der Waals surface area contributed by atoms with Crippen LogP contribution in [0.25, 0.3) is 0 Å². The summed E-state index contributed by atoms with van der Waals surface area (Å²) in [5, 5.41) is 5.38. The van der Waals surface area contributed by atoms with Gasteiger partial charge >= 0.3 is 0 Å². The Kier molecular flexibility index (Phi) is 4.88. The Hall–Kier alpha value is -2.96. The van der Waals surface area contributed by atoms with Crippen molar-refractivity contribution in [3.05, 3.63) is 63.8 Å². The highest BCUT2D eigenvalue weighted by Gasteiger charge is 2.34. The Morgan fingerprint density at radius 1 is 1.31 bits per heavy atom. The van der Waals surface area contributed by atoms with Crippen molar-refractivity contribution in [2.75, 3.05) is 7.05 Å². The second kappa shape index (κ2) is 7.11. The molecule has 0 aromatic carbocycles. The zero-order valence-corrected chi connectivity index (χ0v) is 15.0. The van der Waals surface area contributed by atoms with Gasteiger partial charge in [0, 0.05) is 25.5 Å². The fourth-order valence-corrected chi connectivity index (χ4v) is 2.85. The lowest BCUT2D eigenvalue weighted by molar-refractivity contribution is 0.0948. The van der Waals surface area contributed by atoms with E-state index in [1.54, 1.807) is 18.3 Å². The molecular formula is C19H22N4O3. The molecule has 1 saturated carbocycles. The number of rotatable bonds is 5. The molecule has 2 heterocycles. The van der Waals surface area contributed by atoms with E-state index >= 15 is 0 Å². The first-order valence-electron chi connectivity index (χ1n) is 8.62. The van der Waals surface area contributed by atoms with Gasteiger partial charge in [0.1, 0.15) is 5.56 Å². The molecule has 2 aromatic heterocycles. The van der Waals surface area contributed by atoms with Gasteiger partial charge in [0.15, 0.2) is 0 Å². The second-order valence-electron chi connectivity index (χ2n) is 6.66. The molecule has 2 N–H and O–H groups in total. The van der Waals surface area contributed by atoms with E-state index in [0.29, 0.717) is 11.6 Å². The van der Waals surface area contributed by atoms with Gasteiger partial charge in [0.2, 0.25) is 0 Å². The van der Waals surface area contributed by atoms with Crippen LogP contribution in [-0.2, 0) is 0 Å². The molecule has 7 nitrogen and oxygen atoms in total. The van der Waals surface area contributed by atoms with Crippen LogP contribution in [0.2, 0.25) is 0 Å². The molecular weight excluding hydrogens is 332 g/mol. The van der Waals surface area contributed by atoms with E-state index in [2.05, 4.69) is 22.5 Å². The molecule has 3 atom stereocenters. The number of carbonyl (C=O) groups is 2. The van der Waals surface area contributed by atoms with Crippen LogP contribution in [0, 0.1) is 5.92 Å². The number of hydrogen-bond donors (Lipinski definition) is 2. The smallest absolute Gasteiger partial charge is 0.264 e. The van der Waals surface area contributed by atoms with Crippen molar-refractivity contribution in [1.29, 1.82) is 0 Å². The summed E-state index contributed by atoms with van der Waals surface area (Å²) >= 11 is 0. The summed E-state index contributed by atoms with van der Waals surface area (Å²) < 4.78 is 1.39. The number of nitrogens with zero attached hydrogens (tertiary/aromatic N) is 2. The first-order chi connectivity index (χ1) is 12.4. The highest BCUT2D eigenvalue weighted by molar-refractivity contribution is 5.99. The SMILES string of the molecule is CNC(=O)c1cc(C(=O)N[C@H]2C[C@@H]2C)cn(C(C)c2ccccn2)c1=O. The van der Waals surface area contributed by atoms with Crippen LogP contribution in [-0.4, -0.2) is 34.5 Å². The maximum absolute atomic E-state index is 12.8. The van der Waals surface area contributed by atoms with E-state index in [1.165, 1.54) is 23.9 Å². The first-order valence-corrected chi connectivity index (χ1v) is 8.62. The van der Waals surface area contributed by atoms with Crippen LogP contribution < -0.4 is 16.2 Å². The van der Waals surface area contributed by atoms with Gasteiger partial charge < -0.3 is 15.2 Å². The predicted molar refractivity (Wildman–Crippen MR) is 97.2 cm³/mol. The van der Waals surface area contributed by atoms with Gasteiger partial charge in [-0.3, -0.25) is 19.4 Å². The van der Waals surface area contributed by atoms with Crippen molar-refractivity contribution < 1.29 is 9.59 Å². The van der Waals surface area contributed by atoms with Gasteiger partial charge in [0.05, 0.1) is 17.3 Å². The third-order valence-electron chi connectivity index (χ3n) is 4.74. The van der Waals surface area contributed by atoms with E-state index < -0.39 is 17.5 Å². The zero-order valence-electron chi connectivity index (χ0n) is 15.0. The van der Waals surface area contributed by atoms with Gasteiger partial charge in [0.25, 0.3) is 17.4 Å². The second-order valence-corrected chi connectivity index (χ2v) is 6.66. The highest BCUT2D eigenvalue weighted by atomic mass is 16.2. The molecule has 1 fully saturated rings. The number of carbonyl (C=O) groups excluding carboxylic acids is 2.